The van der Waals surface area contributed by atoms with E-state index >= 15 is 0 Å². The molecule has 3 aromatic rings. The van der Waals surface area contributed by atoms with E-state index in [4.69, 9.17) is 18.9 Å². The van der Waals surface area contributed by atoms with Gasteiger partial charge in [-0.25, -0.2) is 14.4 Å². The Morgan fingerprint density at radius 2 is 0.867 bits per heavy atom. The zero-order valence-corrected chi connectivity index (χ0v) is 22.3. The minimum Gasteiger partial charge on any atom is -0.504 e. The summed E-state index contributed by atoms with van der Waals surface area (Å²) < 4.78 is 21.1. The lowest BCUT2D eigenvalue weighted by Crippen LogP contribution is -2.62. The molecule has 18 nitrogen and oxygen atoms in total. The van der Waals surface area contributed by atoms with Crippen molar-refractivity contribution in [2.45, 2.75) is 30.7 Å². The van der Waals surface area contributed by atoms with E-state index in [1.165, 1.54) is 0 Å². The molecule has 0 aliphatic carbocycles. The van der Waals surface area contributed by atoms with Crippen LogP contribution in [-0.4, -0.2) is 111 Å². The van der Waals surface area contributed by atoms with Crippen LogP contribution in [0.15, 0.2) is 36.4 Å². The van der Waals surface area contributed by atoms with Crippen LogP contribution in [-0.2, 0) is 18.9 Å². The number of carbonyl (C=O) groups excluding carboxylic acids is 3. The SMILES string of the molecule is O=C(O[C@@H]1O[C@H](CO)[C@@H](O)[C@H](OC(=O)c2cc(O)c(O)c(O)c2)[C@H]1OC(=O)c1cc(O)c(O)c(O)c1)c1cc(O)c(O)c(O)c1. The monoisotopic (exact) mass is 636 g/mol. The van der Waals surface area contributed by atoms with Crippen molar-refractivity contribution in [1.82, 2.24) is 0 Å². The molecular weight excluding hydrogens is 612 g/mol. The standard InChI is InChI=1S/C27H24O18/c28-7-17-21(38)22(43-24(39)8-1-11(29)18(35)12(30)2-8)23(44-25(40)9-3-13(31)19(36)14(32)4-9)27(42-17)45-26(41)10-5-15(33)20(37)16(34)6-10/h1-6,17,21-23,27-38H,7H2/t17-,21-,22+,23-,27+/m1/s1. The van der Waals surface area contributed by atoms with Gasteiger partial charge in [-0.15, -0.1) is 0 Å². The number of benzene rings is 3. The molecule has 45 heavy (non-hydrogen) atoms. The second-order valence-electron chi connectivity index (χ2n) is 9.45. The third kappa shape index (κ3) is 6.42. The van der Waals surface area contributed by atoms with Gasteiger partial charge in [0.1, 0.15) is 12.2 Å². The van der Waals surface area contributed by atoms with Crippen LogP contribution in [0.4, 0.5) is 0 Å². The third-order valence-electron chi connectivity index (χ3n) is 6.42. The fraction of sp³-hybridized carbons (Fsp3) is 0.222. The Balaban J connectivity index is 1.74. The molecule has 0 aromatic heterocycles. The summed E-state index contributed by atoms with van der Waals surface area (Å²) in [6, 6.07) is 3.97. The number of phenols is 9. The fourth-order valence-corrected chi connectivity index (χ4v) is 4.12. The number of phenolic OH excluding ortho intramolecular Hbond substituents is 9. The number of ether oxygens (including phenoxy) is 4. The highest BCUT2D eigenvalue weighted by Crippen LogP contribution is 2.39. The van der Waals surface area contributed by atoms with E-state index in [9.17, 15) is 70.6 Å². The van der Waals surface area contributed by atoms with Crippen molar-refractivity contribution in [3.63, 3.8) is 0 Å². The van der Waals surface area contributed by atoms with Crippen LogP contribution >= 0.6 is 0 Å². The Kier molecular flexibility index (Phi) is 8.84. The topological polar surface area (TPSA) is 311 Å². The maximum Gasteiger partial charge on any atom is 0.340 e. The Hall–Kier alpha value is -5.85. The molecule has 4 rings (SSSR count). The molecule has 11 N–H and O–H groups in total. The zero-order chi connectivity index (χ0) is 33.3. The molecule has 18 heteroatoms. The van der Waals surface area contributed by atoms with Crippen LogP contribution in [0, 0.1) is 0 Å². The van der Waals surface area contributed by atoms with Crippen molar-refractivity contribution in [1.29, 1.82) is 0 Å². The second kappa shape index (κ2) is 12.4. The average molecular weight is 636 g/mol. The summed E-state index contributed by atoms with van der Waals surface area (Å²) in [5.41, 5.74) is -1.83. The molecule has 0 saturated carbocycles. The summed E-state index contributed by atoms with van der Waals surface area (Å²) in [6.07, 6.45) is -10.2. The van der Waals surface area contributed by atoms with Gasteiger partial charge in [0.05, 0.1) is 23.3 Å². The van der Waals surface area contributed by atoms with Crippen molar-refractivity contribution in [3.05, 3.63) is 53.1 Å². The first-order valence-corrected chi connectivity index (χ1v) is 12.4. The summed E-state index contributed by atoms with van der Waals surface area (Å²) >= 11 is 0. The minimum absolute atomic E-state index is 0.597. The van der Waals surface area contributed by atoms with Crippen LogP contribution in [0.1, 0.15) is 31.1 Å². The van der Waals surface area contributed by atoms with E-state index in [2.05, 4.69) is 0 Å². The molecule has 1 aliphatic rings. The lowest BCUT2D eigenvalue weighted by atomic mass is 9.98. The average Bonchev–Trinajstić information content (AvgIpc) is 2.99. The third-order valence-corrected chi connectivity index (χ3v) is 6.42. The van der Waals surface area contributed by atoms with E-state index in [0.717, 1.165) is 0 Å². The summed E-state index contributed by atoms with van der Waals surface area (Å²) in [7, 11) is 0. The first kappa shape index (κ1) is 32.1. The predicted octanol–water partition coefficient (Wildman–Crippen LogP) is -0.277. The molecule has 1 heterocycles. The maximum absolute atomic E-state index is 13.1. The normalized spacial score (nSPS) is 21.1. The summed E-state index contributed by atoms with van der Waals surface area (Å²) in [5, 5.41) is 108. The number of rotatable bonds is 7. The Morgan fingerprint density at radius 3 is 1.20 bits per heavy atom. The van der Waals surface area contributed by atoms with Gasteiger partial charge in [0, 0.05) is 0 Å². The molecule has 5 atom stereocenters. The van der Waals surface area contributed by atoms with E-state index in [1.54, 1.807) is 0 Å². The number of hydrogen-bond donors (Lipinski definition) is 11. The summed E-state index contributed by atoms with van der Waals surface area (Å²) in [6.45, 7) is -1.01. The molecule has 1 fully saturated rings. The predicted molar refractivity (Wildman–Crippen MR) is 140 cm³/mol. The molecule has 0 amide bonds. The van der Waals surface area contributed by atoms with E-state index in [0.29, 0.717) is 36.4 Å². The Morgan fingerprint density at radius 1 is 0.556 bits per heavy atom. The molecule has 0 unspecified atom stereocenters. The van der Waals surface area contributed by atoms with Crippen LogP contribution < -0.4 is 0 Å². The Bertz CT molecular complexity index is 1580. The van der Waals surface area contributed by atoms with Gasteiger partial charge in [-0.2, -0.15) is 0 Å². The fourth-order valence-electron chi connectivity index (χ4n) is 4.12. The summed E-state index contributed by atoms with van der Waals surface area (Å²) in [4.78, 5) is 39.0. The van der Waals surface area contributed by atoms with Crippen LogP contribution in [0.2, 0.25) is 0 Å². The van der Waals surface area contributed by atoms with Gasteiger partial charge in [-0.1, -0.05) is 0 Å². The van der Waals surface area contributed by atoms with E-state index in [1.807, 2.05) is 0 Å². The van der Waals surface area contributed by atoms with Crippen molar-refractivity contribution in [3.8, 4) is 51.7 Å². The maximum atomic E-state index is 13.1. The minimum atomic E-state index is -2.17. The highest BCUT2D eigenvalue weighted by atomic mass is 16.7. The highest BCUT2D eigenvalue weighted by molar-refractivity contribution is 5.93. The van der Waals surface area contributed by atoms with Crippen molar-refractivity contribution >= 4 is 17.9 Å². The van der Waals surface area contributed by atoms with Gasteiger partial charge in [0.2, 0.25) is 12.4 Å². The molecule has 240 valence electrons. The molecule has 0 radical (unpaired) electrons. The number of carbonyl (C=O) groups is 3. The number of aliphatic hydroxyl groups is 2. The molecule has 0 bridgehead atoms. The van der Waals surface area contributed by atoms with Crippen molar-refractivity contribution < 1.29 is 89.5 Å². The van der Waals surface area contributed by atoms with Gasteiger partial charge in [0.25, 0.3) is 0 Å². The lowest BCUT2D eigenvalue weighted by molar-refractivity contribution is -0.283. The first-order valence-electron chi connectivity index (χ1n) is 12.4. The zero-order valence-electron chi connectivity index (χ0n) is 22.3. The van der Waals surface area contributed by atoms with Crippen molar-refractivity contribution in [2.75, 3.05) is 6.61 Å². The molecule has 3 aromatic carbocycles. The number of hydrogen-bond acceptors (Lipinski definition) is 18. The van der Waals surface area contributed by atoms with Crippen LogP contribution in [0.3, 0.4) is 0 Å². The highest BCUT2D eigenvalue weighted by Gasteiger charge is 2.52. The number of aliphatic hydroxyl groups excluding tert-OH is 2. The smallest absolute Gasteiger partial charge is 0.340 e. The number of aromatic hydroxyl groups is 9. The van der Waals surface area contributed by atoms with Gasteiger partial charge in [-0.05, 0) is 36.4 Å². The number of esters is 3. The molecule has 0 spiro atoms. The largest absolute Gasteiger partial charge is 0.504 e. The van der Waals surface area contributed by atoms with Crippen LogP contribution in [0.25, 0.3) is 0 Å². The second-order valence-corrected chi connectivity index (χ2v) is 9.45. The molecule has 1 aliphatic heterocycles. The van der Waals surface area contributed by atoms with Gasteiger partial charge < -0.3 is 75.1 Å². The Labute approximate surface area is 249 Å². The van der Waals surface area contributed by atoms with Crippen LogP contribution in [0.5, 0.6) is 51.7 Å². The van der Waals surface area contributed by atoms with Crippen molar-refractivity contribution in [2.24, 2.45) is 0 Å². The molecular formula is C27H24O18. The van der Waals surface area contributed by atoms with E-state index in [-0.39, 0.29) is 0 Å². The van der Waals surface area contributed by atoms with E-state index < -0.39 is 124 Å². The summed E-state index contributed by atoms with van der Waals surface area (Å²) in [5.74, 6) is -13.0. The molecule has 1 saturated heterocycles. The van der Waals surface area contributed by atoms with Gasteiger partial charge in [-0.3, -0.25) is 0 Å². The quantitative estimate of drug-likeness (QED) is 0.0902. The van der Waals surface area contributed by atoms with Gasteiger partial charge in [0.15, 0.2) is 57.8 Å². The van der Waals surface area contributed by atoms with Gasteiger partial charge >= 0.3 is 17.9 Å². The lowest BCUT2D eigenvalue weighted by Gasteiger charge is -2.42. The first-order chi connectivity index (χ1) is 21.1.